The standard InChI is InChI=1S/C50H68N3O13PS2/c1-12-61-46(55)49(47(56)62-13-2,30-60-32-68-69-35(7)8)31-64-67(53(33(3)4)34(5)6)66-42-27-44(52-28-36(9)45(54)51-48(52)57)65-43(42)29-63-50(37-17-15-14-16-18-37,38-19-23-40(58-10)24-20-38)39-21-25-41(59-11)26-22-39/h14-26,28,33-35,42-44H,12-13,27,29-32H2,1-11H3,(H,51,54,57)/t42-,43+,44+,67?/m0/s1. The lowest BCUT2D eigenvalue weighted by Gasteiger charge is -2.40. The molecule has 19 heteroatoms. The zero-order chi connectivity index (χ0) is 50.3. The first-order chi connectivity index (χ1) is 33.0. The molecule has 0 bridgehead atoms. The molecule has 5 rings (SSSR count). The Bertz CT molecular complexity index is 2280. The number of methoxy groups -OCH3 is 2. The van der Waals surface area contributed by atoms with Crippen LogP contribution in [0.3, 0.4) is 0 Å². The monoisotopic (exact) mass is 1010 g/mol. The summed E-state index contributed by atoms with van der Waals surface area (Å²) in [4.78, 5) is 56.5. The molecule has 16 nitrogen and oxygen atoms in total. The Balaban J connectivity index is 1.62. The van der Waals surface area contributed by atoms with Crippen LogP contribution in [0.1, 0.15) is 90.3 Å². The van der Waals surface area contributed by atoms with Crippen molar-refractivity contribution in [3.63, 3.8) is 0 Å². The van der Waals surface area contributed by atoms with Gasteiger partial charge in [-0.1, -0.05) is 90.0 Å². The molecule has 0 radical (unpaired) electrons. The fourth-order valence-corrected chi connectivity index (χ4v) is 11.4. The highest BCUT2D eigenvalue weighted by Crippen LogP contribution is 2.52. The van der Waals surface area contributed by atoms with Gasteiger partial charge in [-0.05, 0) is 89.4 Å². The molecule has 69 heavy (non-hydrogen) atoms. The van der Waals surface area contributed by atoms with E-state index in [0.717, 1.165) is 16.7 Å². The quantitative estimate of drug-likeness (QED) is 0.0114. The largest absolute Gasteiger partial charge is 0.497 e. The Hall–Kier alpha value is -4.23. The molecule has 1 aromatic heterocycles. The second-order valence-corrected chi connectivity index (χ2v) is 21.4. The van der Waals surface area contributed by atoms with Crippen LogP contribution in [0.5, 0.6) is 11.5 Å². The maximum Gasteiger partial charge on any atom is 0.330 e. The van der Waals surface area contributed by atoms with Crippen LogP contribution in [0, 0.1) is 12.3 Å². The van der Waals surface area contributed by atoms with Gasteiger partial charge in [0.25, 0.3) is 14.1 Å². The molecule has 0 aliphatic carbocycles. The van der Waals surface area contributed by atoms with Crippen LogP contribution in [-0.2, 0) is 47.9 Å². The van der Waals surface area contributed by atoms with Crippen LogP contribution in [0.2, 0.25) is 0 Å². The molecule has 4 atom stereocenters. The smallest absolute Gasteiger partial charge is 0.330 e. The predicted molar refractivity (Wildman–Crippen MR) is 270 cm³/mol. The summed E-state index contributed by atoms with van der Waals surface area (Å²) in [5.74, 6) is -0.198. The Morgan fingerprint density at radius 1 is 0.826 bits per heavy atom. The van der Waals surface area contributed by atoms with E-state index in [-0.39, 0.29) is 50.9 Å². The van der Waals surface area contributed by atoms with Gasteiger partial charge in [0.2, 0.25) is 5.41 Å². The number of aromatic amines is 1. The summed E-state index contributed by atoms with van der Waals surface area (Å²) in [6.07, 6.45) is -1.04. The molecular weight excluding hydrogens is 946 g/mol. The minimum absolute atomic E-state index is 0.00306. The predicted octanol–water partition coefficient (Wildman–Crippen LogP) is 8.78. The molecule has 1 unspecified atom stereocenters. The number of ether oxygens (including phenoxy) is 7. The van der Waals surface area contributed by atoms with Crippen LogP contribution in [0.15, 0.2) is 94.6 Å². The fourth-order valence-electron chi connectivity index (χ4n) is 7.93. The van der Waals surface area contributed by atoms with Gasteiger partial charge < -0.3 is 42.2 Å². The number of hydrogen-bond acceptors (Lipinski definition) is 16. The lowest BCUT2D eigenvalue weighted by atomic mass is 9.80. The van der Waals surface area contributed by atoms with E-state index in [4.69, 9.17) is 42.2 Å². The second kappa shape index (κ2) is 26.3. The summed E-state index contributed by atoms with van der Waals surface area (Å²) in [6, 6.07) is 24.8. The average Bonchev–Trinajstić information content (AvgIpc) is 3.73. The first-order valence-corrected chi connectivity index (χ1v) is 26.6. The number of aromatic nitrogens is 2. The number of hydrogen-bond donors (Lipinski definition) is 1. The van der Waals surface area contributed by atoms with Gasteiger partial charge in [-0.2, -0.15) is 0 Å². The zero-order valence-corrected chi connectivity index (χ0v) is 44.0. The zero-order valence-electron chi connectivity index (χ0n) is 41.5. The molecule has 1 aliphatic heterocycles. The van der Waals surface area contributed by atoms with Crippen LogP contribution in [-0.4, -0.2) is 109 Å². The lowest BCUT2D eigenvalue weighted by molar-refractivity contribution is -0.179. The summed E-state index contributed by atoms with van der Waals surface area (Å²) in [6.45, 7) is 16.0. The van der Waals surface area contributed by atoms with Gasteiger partial charge >= 0.3 is 17.6 Å². The highest BCUT2D eigenvalue weighted by molar-refractivity contribution is 8.76. The van der Waals surface area contributed by atoms with Gasteiger partial charge in [-0.15, -0.1) is 0 Å². The SMILES string of the molecule is CCOC(=O)C(COCSSC(C)C)(COP(O[C@H]1C[C@H](n2cc(C)c(=O)[nH]c2=O)O[C@@H]1COC(c1ccccc1)(c1ccc(OC)cc1)c1ccc(OC)cc1)N(C(C)C)C(C)C)C(=O)OCC. The van der Waals surface area contributed by atoms with Crippen LogP contribution >= 0.6 is 30.1 Å². The van der Waals surface area contributed by atoms with Gasteiger partial charge in [0.1, 0.15) is 35.4 Å². The van der Waals surface area contributed by atoms with Crippen molar-refractivity contribution < 1.29 is 51.8 Å². The van der Waals surface area contributed by atoms with Crippen molar-refractivity contribution in [2.45, 2.75) is 110 Å². The van der Waals surface area contributed by atoms with E-state index in [2.05, 4.69) is 18.8 Å². The minimum atomic E-state index is -2.15. The van der Waals surface area contributed by atoms with E-state index >= 15 is 0 Å². The summed E-state index contributed by atoms with van der Waals surface area (Å²) in [7, 11) is 4.13. The normalized spacial score (nSPS) is 16.9. The van der Waals surface area contributed by atoms with Crippen molar-refractivity contribution in [1.82, 2.24) is 14.2 Å². The number of esters is 2. The van der Waals surface area contributed by atoms with Gasteiger partial charge in [-0.25, -0.2) is 9.46 Å². The van der Waals surface area contributed by atoms with E-state index in [1.54, 1.807) is 45.8 Å². The third kappa shape index (κ3) is 13.8. The van der Waals surface area contributed by atoms with Crippen LogP contribution in [0.25, 0.3) is 0 Å². The van der Waals surface area contributed by atoms with Crippen molar-refractivity contribution in [2.24, 2.45) is 5.41 Å². The number of benzene rings is 3. The number of nitrogens with zero attached hydrogens (tertiary/aromatic N) is 2. The summed E-state index contributed by atoms with van der Waals surface area (Å²) < 4.78 is 59.6. The van der Waals surface area contributed by atoms with Gasteiger partial charge in [0.15, 0.2) is 0 Å². The molecule has 1 aliphatic rings. The van der Waals surface area contributed by atoms with Crippen LogP contribution < -0.4 is 20.7 Å². The van der Waals surface area contributed by atoms with Gasteiger partial charge in [-0.3, -0.25) is 23.9 Å². The second-order valence-electron chi connectivity index (χ2n) is 17.1. The maximum absolute atomic E-state index is 14.0. The van der Waals surface area contributed by atoms with Gasteiger partial charge in [0, 0.05) is 35.5 Å². The van der Waals surface area contributed by atoms with E-state index in [1.165, 1.54) is 21.6 Å². The van der Waals surface area contributed by atoms with Crippen molar-refractivity contribution in [2.75, 3.05) is 53.2 Å². The summed E-state index contributed by atoms with van der Waals surface area (Å²) >= 11 is 0. The number of carbonyl (C=O) groups is 2. The molecule has 0 amide bonds. The average molecular weight is 1010 g/mol. The first kappa shape index (κ1) is 55.7. The van der Waals surface area contributed by atoms with Crippen molar-refractivity contribution >= 4 is 42.1 Å². The third-order valence-electron chi connectivity index (χ3n) is 11.2. The van der Waals surface area contributed by atoms with Crippen molar-refractivity contribution in [1.29, 1.82) is 0 Å². The van der Waals surface area contributed by atoms with Crippen LogP contribution in [0.4, 0.5) is 0 Å². The molecule has 1 fully saturated rings. The number of rotatable bonds is 27. The Labute approximate surface area is 414 Å². The molecule has 3 aromatic carbocycles. The van der Waals surface area contributed by atoms with Gasteiger partial charge in [0.05, 0.1) is 53.4 Å². The molecule has 4 aromatic rings. The van der Waals surface area contributed by atoms with E-state index < -0.39 is 67.8 Å². The Morgan fingerprint density at radius 2 is 1.38 bits per heavy atom. The minimum Gasteiger partial charge on any atom is -0.497 e. The molecule has 2 heterocycles. The summed E-state index contributed by atoms with van der Waals surface area (Å²) in [5.41, 5.74) is -1.73. The maximum atomic E-state index is 14.0. The molecule has 0 saturated carbocycles. The molecule has 1 saturated heterocycles. The number of H-pyrrole nitrogens is 1. The number of carbonyl (C=O) groups excluding carboxylic acids is 2. The Morgan fingerprint density at radius 3 is 1.88 bits per heavy atom. The topological polar surface area (TPSA) is 175 Å². The van der Waals surface area contributed by atoms with Crippen molar-refractivity contribution in [3.05, 3.63) is 128 Å². The fraction of sp³-hybridized carbons (Fsp3) is 0.520. The first-order valence-electron chi connectivity index (χ1n) is 23.1. The Kier molecular flexibility index (Phi) is 21.2. The van der Waals surface area contributed by atoms with E-state index in [9.17, 15) is 19.2 Å². The highest BCUT2D eigenvalue weighted by Gasteiger charge is 2.52. The molecule has 0 spiro atoms. The van der Waals surface area contributed by atoms with E-state index in [1.807, 2.05) is 111 Å². The lowest BCUT2D eigenvalue weighted by Crippen LogP contribution is -2.49. The third-order valence-corrected chi connectivity index (χ3v) is 16.0. The molecule has 378 valence electrons. The molecular formula is C50H68N3O13PS2. The number of nitrogens with one attached hydrogen (secondary N) is 1. The molecule has 1 N–H and O–H groups in total. The van der Waals surface area contributed by atoms with E-state index in [0.29, 0.717) is 22.3 Å². The highest BCUT2D eigenvalue weighted by atomic mass is 33.1. The van der Waals surface area contributed by atoms with Crippen molar-refractivity contribution in [3.8, 4) is 11.5 Å². The summed E-state index contributed by atoms with van der Waals surface area (Å²) in [5, 5.41) is 0.320. The number of aryl methyl sites for hydroxylation is 1.